The highest BCUT2D eigenvalue weighted by molar-refractivity contribution is 7.09. The Morgan fingerprint density at radius 3 is 2.26 bits per heavy atom. The molecule has 2 amide bonds. The first-order valence-corrected chi connectivity index (χ1v) is 11.7. The van der Waals surface area contributed by atoms with Crippen molar-refractivity contribution < 1.29 is 24.2 Å². The molecular formula is C25H25N3O5S. The summed E-state index contributed by atoms with van der Waals surface area (Å²) in [7, 11) is 0. The lowest BCUT2D eigenvalue weighted by Gasteiger charge is -2.25. The minimum atomic E-state index is -1.11. The van der Waals surface area contributed by atoms with Gasteiger partial charge in [-0.15, -0.1) is 11.3 Å². The van der Waals surface area contributed by atoms with Gasteiger partial charge < -0.3 is 20.5 Å². The van der Waals surface area contributed by atoms with Gasteiger partial charge in [0.05, 0.1) is 6.54 Å². The van der Waals surface area contributed by atoms with Crippen LogP contribution in [-0.2, 0) is 16.1 Å². The first-order valence-electron chi connectivity index (χ1n) is 10.8. The zero-order chi connectivity index (χ0) is 24.3. The third-order valence-corrected chi connectivity index (χ3v) is 6.44. The molecule has 4 rings (SSSR count). The van der Waals surface area contributed by atoms with Gasteiger partial charge in [-0.25, -0.2) is 14.6 Å². The van der Waals surface area contributed by atoms with Crippen LogP contribution in [-0.4, -0.2) is 40.2 Å². The van der Waals surface area contributed by atoms with Gasteiger partial charge in [0.25, 0.3) is 0 Å². The Morgan fingerprint density at radius 2 is 1.68 bits per heavy atom. The van der Waals surface area contributed by atoms with Gasteiger partial charge in [-0.1, -0.05) is 48.5 Å². The van der Waals surface area contributed by atoms with Crippen molar-refractivity contribution in [3.63, 3.8) is 0 Å². The molecule has 0 saturated carbocycles. The number of carboxylic acids is 1. The van der Waals surface area contributed by atoms with Crippen LogP contribution in [0.3, 0.4) is 0 Å². The fourth-order valence-electron chi connectivity index (χ4n) is 4.08. The third kappa shape index (κ3) is 5.26. The van der Waals surface area contributed by atoms with Crippen LogP contribution >= 0.6 is 11.3 Å². The first-order chi connectivity index (χ1) is 16.2. The highest BCUT2D eigenvalue weighted by atomic mass is 32.1. The zero-order valence-electron chi connectivity index (χ0n) is 18.8. The molecule has 0 aliphatic heterocycles. The Hall–Kier alpha value is -3.72. The standard InChI is InChI=1S/C25H25N3O5S/c1-25(2,11-21(29)26-12-22-27-20(14-34-22)23(30)31)28-24(32)33-13-19-17-9-5-3-7-15(17)16-8-4-6-10-18(16)19/h3-10,14,19H,11-13H2,1-2H3,(H,26,29)(H,28,32)(H,30,31). The number of amides is 2. The summed E-state index contributed by atoms with van der Waals surface area (Å²) in [4.78, 5) is 39.7. The number of hydrogen-bond acceptors (Lipinski definition) is 6. The van der Waals surface area contributed by atoms with Crippen LogP contribution in [0.2, 0.25) is 0 Å². The smallest absolute Gasteiger partial charge is 0.407 e. The summed E-state index contributed by atoms with van der Waals surface area (Å²) < 4.78 is 5.57. The molecule has 0 bridgehead atoms. The molecule has 0 unspecified atom stereocenters. The molecule has 0 atom stereocenters. The van der Waals surface area contributed by atoms with E-state index < -0.39 is 17.6 Å². The highest BCUT2D eigenvalue weighted by Crippen LogP contribution is 2.44. The number of nitrogens with one attached hydrogen (secondary N) is 2. The fraction of sp³-hybridized carbons (Fsp3) is 0.280. The van der Waals surface area contributed by atoms with Crippen molar-refractivity contribution in [2.24, 2.45) is 0 Å². The van der Waals surface area contributed by atoms with Gasteiger partial charge in [-0.2, -0.15) is 0 Å². The summed E-state index contributed by atoms with van der Waals surface area (Å²) in [6, 6.07) is 16.2. The van der Waals surface area contributed by atoms with Crippen LogP contribution in [0.1, 0.15) is 52.8 Å². The normalized spacial score (nSPS) is 12.5. The molecule has 3 aromatic rings. The van der Waals surface area contributed by atoms with Crippen molar-refractivity contribution in [2.75, 3.05) is 6.61 Å². The molecule has 1 aliphatic rings. The monoisotopic (exact) mass is 479 g/mol. The quantitative estimate of drug-likeness (QED) is 0.446. The molecule has 0 radical (unpaired) electrons. The molecule has 1 aliphatic carbocycles. The second kappa shape index (κ2) is 9.64. The minimum absolute atomic E-state index is 0.0222. The van der Waals surface area contributed by atoms with E-state index in [1.165, 1.54) is 5.38 Å². The molecule has 1 heterocycles. The van der Waals surface area contributed by atoms with E-state index in [9.17, 15) is 14.4 Å². The minimum Gasteiger partial charge on any atom is -0.476 e. The van der Waals surface area contributed by atoms with E-state index >= 15 is 0 Å². The van der Waals surface area contributed by atoms with Gasteiger partial charge in [0.15, 0.2) is 5.69 Å². The number of thiazole rings is 1. The number of carboxylic acid groups (broad SMARTS) is 1. The number of benzene rings is 2. The number of carbonyl (C=O) groups excluding carboxylic acids is 2. The van der Waals surface area contributed by atoms with E-state index in [2.05, 4.69) is 39.9 Å². The second-order valence-corrected chi connectivity index (χ2v) is 9.66. The topological polar surface area (TPSA) is 118 Å². The summed E-state index contributed by atoms with van der Waals surface area (Å²) in [5, 5.41) is 16.3. The van der Waals surface area contributed by atoms with Gasteiger partial charge in [0, 0.05) is 23.3 Å². The number of fused-ring (bicyclic) bond motifs is 3. The number of carbonyl (C=O) groups is 3. The Bertz CT molecular complexity index is 1190. The highest BCUT2D eigenvalue weighted by Gasteiger charge is 2.30. The summed E-state index contributed by atoms with van der Waals surface area (Å²) in [6.45, 7) is 3.79. The van der Waals surface area contributed by atoms with Gasteiger partial charge in [-0.3, -0.25) is 4.79 Å². The molecule has 0 fully saturated rings. The zero-order valence-corrected chi connectivity index (χ0v) is 19.6. The summed E-state index contributed by atoms with van der Waals surface area (Å²) >= 11 is 1.16. The maximum atomic E-state index is 12.5. The van der Waals surface area contributed by atoms with Crippen molar-refractivity contribution in [3.05, 3.63) is 75.7 Å². The Kier molecular flexibility index (Phi) is 6.65. The molecule has 1 aromatic heterocycles. The molecule has 0 spiro atoms. The lowest BCUT2D eigenvalue weighted by molar-refractivity contribution is -0.122. The van der Waals surface area contributed by atoms with Gasteiger partial charge >= 0.3 is 12.1 Å². The Balaban J connectivity index is 1.29. The lowest BCUT2D eigenvalue weighted by atomic mass is 9.98. The predicted molar refractivity (Wildman–Crippen MR) is 128 cm³/mol. The lowest BCUT2D eigenvalue weighted by Crippen LogP contribution is -2.47. The molecule has 3 N–H and O–H groups in total. The van der Waals surface area contributed by atoms with Crippen molar-refractivity contribution in [1.29, 1.82) is 0 Å². The molecule has 176 valence electrons. The Morgan fingerprint density at radius 1 is 1.06 bits per heavy atom. The van der Waals surface area contributed by atoms with Crippen LogP contribution < -0.4 is 10.6 Å². The van der Waals surface area contributed by atoms with E-state index in [0.29, 0.717) is 5.01 Å². The van der Waals surface area contributed by atoms with Crippen LogP contribution in [0.25, 0.3) is 11.1 Å². The van der Waals surface area contributed by atoms with E-state index in [1.807, 2.05) is 24.3 Å². The molecule has 2 aromatic carbocycles. The number of aromatic carboxylic acids is 1. The number of ether oxygens (including phenoxy) is 1. The Labute approximate surface area is 201 Å². The molecule has 9 heteroatoms. The molecule has 8 nitrogen and oxygen atoms in total. The summed E-state index contributed by atoms with van der Waals surface area (Å²) in [5.74, 6) is -1.45. The number of hydrogen-bond donors (Lipinski definition) is 3. The summed E-state index contributed by atoms with van der Waals surface area (Å²) in [5.41, 5.74) is 3.67. The van der Waals surface area contributed by atoms with E-state index in [1.54, 1.807) is 13.8 Å². The van der Waals surface area contributed by atoms with Crippen LogP contribution in [0.5, 0.6) is 0 Å². The number of rotatable bonds is 8. The van der Waals surface area contributed by atoms with Crippen LogP contribution in [0, 0.1) is 0 Å². The maximum absolute atomic E-state index is 12.5. The van der Waals surface area contributed by atoms with E-state index in [4.69, 9.17) is 9.84 Å². The number of alkyl carbamates (subject to hydrolysis) is 1. The van der Waals surface area contributed by atoms with Gasteiger partial charge in [0.2, 0.25) is 5.91 Å². The molecule has 34 heavy (non-hydrogen) atoms. The maximum Gasteiger partial charge on any atom is 0.407 e. The average molecular weight is 480 g/mol. The molecule has 0 saturated heterocycles. The van der Waals surface area contributed by atoms with Crippen molar-refractivity contribution in [3.8, 4) is 11.1 Å². The fourth-order valence-corrected chi connectivity index (χ4v) is 4.79. The third-order valence-electron chi connectivity index (χ3n) is 5.59. The summed E-state index contributed by atoms with van der Waals surface area (Å²) in [6.07, 6.45) is -0.570. The predicted octanol–water partition coefficient (Wildman–Crippen LogP) is 4.16. The van der Waals surface area contributed by atoms with Crippen molar-refractivity contribution >= 4 is 29.3 Å². The largest absolute Gasteiger partial charge is 0.476 e. The van der Waals surface area contributed by atoms with Gasteiger partial charge in [0.1, 0.15) is 11.6 Å². The average Bonchev–Trinajstić information content (AvgIpc) is 3.39. The van der Waals surface area contributed by atoms with E-state index in [0.717, 1.165) is 33.6 Å². The number of aromatic nitrogens is 1. The van der Waals surface area contributed by atoms with Gasteiger partial charge in [-0.05, 0) is 36.1 Å². The number of nitrogens with zero attached hydrogens (tertiary/aromatic N) is 1. The van der Waals surface area contributed by atoms with E-state index in [-0.39, 0.29) is 37.1 Å². The van der Waals surface area contributed by atoms with Crippen molar-refractivity contribution in [2.45, 2.75) is 38.3 Å². The molecular weight excluding hydrogens is 454 g/mol. The van der Waals surface area contributed by atoms with Crippen molar-refractivity contribution in [1.82, 2.24) is 15.6 Å². The SMILES string of the molecule is CC(C)(CC(=O)NCc1nc(C(=O)O)cs1)NC(=O)OCC1c2ccccc2-c2ccccc21. The van der Waals surface area contributed by atoms with Crippen LogP contribution in [0.15, 0.2) is 53.9 Å². The first kappa shape index (κ1) is 23.4. The van der Waals surface area contributed by atoms with Crippen LogP contribution in [0.4, 0.5) is 4.79 Å². The second-order valence-electron chi connectivity index (χ2n) is 8.72.